The van der Waals surface area contributed by atoms with Gasteiger partial charge in [0.15, 0.2) is 0 Å². The molecule has 0 fully saturated rings. The Morgan fingerprint density at radius 3 is 2.93 bits per heavy atom. The number of rotatable bonds is 2. The van der Waals surface area contributed by atoms with Crippen molar-refractivity contribution in [2.75, 3.05) is 0 Å². The SMILES string of the molecule is NC(=O)N/N=C/c1ccc(O)c(Br)c1. The van der Waals surface area contributed by atoms with Crippen molar-refractivity contribution in [3.8, 4) is 5.75 Å². The predicted molar refractivity (Wildman–Crippen MR) is 56.1 cm³/mol. The van der Waals surface area contributed by atoms with Crippen molar-refractivity contribution in [2.45, 2.75) is 0 Å². The first-order chi connectivity index (χ1) is 6.59. The van der Waals surface area contributed by atoms with Gasteiger partial charge in [-0.25, -0.2) is 10.2 Å². The number of hydrazone groups is 1. The number of nitrogens with two attached hydrogens (primary N) is 1. The van der Waals surface area contributed by atoms with Crippen LogP contribution in [0, 0.1) is 0 Å². The molecule has 1 aromatic rings. The molecule has 0 aliphatic carbocycles. The molecule has 0 aliphatic rings. The van der Waals surface area contributed by atoms with E-state index in [1.807, 2.05) is 0 Å². The first-order valence-electron chi connectivity index (χ1n) is 3.66. The average Bonchev–Trinajstić information content (AvgIpc) is 2.10. The highest BCUT2D eigenvalue weighted by Crippen LogP contribution is 2.23. The molecular formula is C8H8BrN3O2. The second kappa shape index (κ2) is 4.61. The summed E-state index contributed by atoms with van der Waals surface area (Å²) >= 11 is 3.14. The molecule has 0 radical (unpaired) electrons. The Kier molecular flexibility index (Phi) is 3.47. The molecule has 1 rings (SSSR count). The van der Waals surface area contributed by atoms with E-state index in [2.05, 4.69) is 26.5 Å². The summed E-state index contributed by atoms with van der Waals surface area (Å²) in [6.07, 6.45) is 1.41. The highest BCUT2D eigenvalue weighted by molar-refractivity contribution is 9.10. The van der Waals surface area contributed by atoms with E-state index in [-0.39, 0.29) is 5.75 Å². The number of aromatic hydroxyl groups is 1. The number of benzene rings is 1. The van der Waals surface area contributed by atoms with Crippen molar-refractivity contribution in [1.29, 1.82) is 0 Å². The fourth-order valence-corrected chi connectivity index (χ4v) is 1.17. The van der Waals surface area contributed by atoms with Gasteiger partial charge in [0.05, 0.1) is 10.7 Å². The molecule has 0 spiro atoms. The monoisotopic (exact) mass is 257 g/mol. The van der Waals surface area contributed by atoms with Gasteiger partial charge in [0.2, 0.25) is 0 Å². The van der Waals surface area contributed by atoms with Crippen molar-refractivity contribution in [3.05, 3.63) is 28.2 Å². The number of amides is 2. The van der Waals surface area contributed by atoms with Crippen LogP contribution >= 0.6 is 15.9 Å². The summed E-state index contributed by atoms with van der Waals surface area (Å²) in [4.78, 5) is 10.3. The van der Waals surface area contributed by atoms with E-state index in [1.54, 1.807) is 12.1 Å². The van der Waals surface area contributed by atoms with Crippen LogP contribution in [0.2, 0.25) is 0 Å². The summed E-state index contributed by atoms with van der Waals surface area (Å²) in [5.41, 5.74) is 7.58. The topological polar surface area (TPSA) is 87.7 Å². The van der Waals surface area contributed by atoms with Crippen LogP contribution in [0.1, 0.15) is 5.56 Å². The zero-order chi connectivity index (χ0) is 10.6. The van der Waals surface area contributed by atoms with Crippen LogP contribution in [0.4, 0.5) is 4.79 Å². The smallest absolute Gasteiger partial charge is 0.332 e. The van der Waals surface area contributed by atoms with Crippen LogP contribution in [-0.4, -0.2) is 17.4 Å². The Balaban J connectivity index is 2.73. The number of primary amides is 1. The van der Waals surface area contributed by atoms with Crippen molar-refractivity contribution in [1.82, 2.24) is 5.43 Å². The molecule has 74 valence electrons. The maximum absolute atomic E-state index is 10.3. The molecule has 0 unspecified atom stereocenters. The van der Waals surface area contributed by atoms with Crippen molar-refractivity contribution < 1.29 is 9.90 Å². The van der Waals surface area contributed by atoms with Crippen LogP contribution in [0.3, 0.4) is 0 Å². The second-order valence-corrected chi connectivity index (χ2v) is 3.30. The molecular weight excluding hydrogens is 250 g/mol. The number of nitrogens with zero attached hydrogens (tertiary/aromatic N) is 1. The van der Waals surface area contributed by atoms with E-state index < -0.39 is 6.03 Å². The summed E-state index contributed by atoms with van der Waals surface area (Å²) in [6, 6.07) is 4.09. The summed E-state index contributed by atoms with van der Waals surface area (Å²) in [6.45, 7) is 0. The molecule has 5 nitrogen and oxygen atoms in total. The summed E-state index contributed by atoms with van der Waals surface area (Å²) < 4.78 is 0.556. The lowest BCUT2D eigenvalue weighted by Gasteiger charge is -1.97. The Morgan fingerprint density at radius 2 is 2.36 bits per heavy atom. The zero-order valence-corrected chi connectivity index (χ0v) is 8.65. The lowest BCUT2D eigenvalue weighted by molar-refractivity contribution is 0.249. The van der Waals surface area contributed by atoms with Crippen LogP contribution in [-0.2, 0) is 0 Å². The van der Waals surface area contributed by atoms with Crippen LogP contribution in [0.15, 0.2) is 27.8 Å². The lowest BCUT2D eigenvalue weighted by Crippen LogP contribution is -2.24. The van der Waals surface area contributed by atoms with Crippen LogP contribution < -0.4 is 11.2 Å². The third kappa shape index (κ3) is 3.06. The standard InChI is InChI=1S/C8H8BrN3O2/c9-6-3-5(1-2-7(6)13)4-11-12-8(10)14/h1-4,13H,(H3,10,12,14)/b11-4+. The number of halogens is 1. The molecule has 6 heteroatoms. The van der Waals surface area contributed by atoms with Crippen molar-refractivity contribution in [2.24, 2.45) is 10.8 Å². The molecule has 0 bridgehead atoms. The van der Waals surface area contributed by atoms with Gasteiger partial charge in [0, 0.05) is 0 Å². The number of nitrogens with one attached hydrogen (secondary N) is 1. The number of carbonyl (C=O) groups excluding carboxylic acids is 1. The Hall–Kier alpha value is -1.56. The average molecular weight is 258 g/mol. The van der Waals surface area contributed by atoms with Gasteiger partial charge < -0.3 is 10.8 Å². The highest BCUT2D eigenvalue weighted by atomic mass is 79.9. The van der Waals surface area contributed by atoms with E-state index in [0.717, 1.165) is 5.56 Å². The molecule has 4 N–H and O–H groups in total. The normalized spacial score (nSPS) is 10.4. The van der Waals surface area contributed by atoms with Crippen molar-refractivity contribution in [3.63, 3.8) is 0 Å². The second-order valence-electron chi connectivity index (χ2n) is 2.45. The molecule has 0 saturated heterocycles. The Bertz CT molecular complexity index is 379. The molecule has 14 heavy (non-hydrogen) atoms. The van der Waals surface area contributed by atoms with Gasteiger partial charge >= 0.3 is 6.03 Å². The molecule has 0 aliphatic heterocycles. The van der Waals surface area contributed by atoms with Gasteiger partial charge in [0.1, 0.15) is 5.75 Å². The zero-order valence-electron chi connectivity index (χ0n) is 7.07. The van der Waals surface area contributed by atoms with Crippen LogP contribution in [0.25, 0.3) is 0 Å². The molecule has 0 atom stereocenters. The van der Waals surface area contributed by atoms with Gasteiger partial charge in [0.25, 0.3) is 0 Å². The Labute approximate surface area is 88.7 Å². The number of phenolic OH excluding ortho intramolecular Hbond substituents is 1. The summed E-state index contributed by atoms with van der Waals surface area (Å²) in [5.74, 6) is 0.144. The first-order valence-corrected chi connectivity index (χ1v) is 4.46. The summed E-state index contributed by atoms with van der Waals surface area (Å²) in [7, 11) is 0. The van der Waals surface area contributed by atoms with E-state index in [9.17, 15) is 9.90 Å². The minimum absolute atomic E-state index is 0.144. The van der Waals surface area contributed by atoms with Gasteiger partial charge in [-0.15, -0.1) is 0 Å². The third-order valence-corrected chi connectivity index (χ3v) is 2.00. The minimum Gasteiger partial charge on any atom is -0.507 e. The maximum Gasteiger partial charge on any atom is 0.332 e. The summed E-state index contributed by atoms with van der Waals surface area (Å²) in [5, 5.41) is 12.7. The van der Waals surface area contributed by atoms with E-state index in [1.165, 1.54) is 12.3 Å². The first kappa shape index (κ1) is 10.5. The van der Waals surface area contributed by atoms with Gasteiger partial charge in [-0.05, 0) is 39.7 Å². The highest BCUT2D eigenvalue weighted by Gasteiger charge is 1.96. The number of phenols is 1. The largest absolute Gasteiger partial charge is 0.507 e. The van der Waals surface area contributed by atoms with E-state index in [4.69, 9.17) is 5.73 Å². The Morgan fingerprint density at radius 1 is 1.64 bits per heavy atom. The fourth-order valence-electron chi connectivity index (χ4n) is 0.774. The molecule has 2 amide bonds. The lowest BCUT2D eigenvalue weighted by atomic mass is 10.2. The molecule has 0 saturated carbocycles. The van der Waals surface area contributed by atoms with Gasteiger partial charge in [-0.2, -0.15) is 5.10 Å². The number of carbonyl (C=O) groups is 1. The van der Waals surface area contributed by atoms with Crippen LogP contribution in [0.5, 0.6) is 5.75 Å². The number of hydrogen-bond donors (Lipinski definition) is 3. The minimum atomic E-state index is -0.723. The third-order valence-electron chi connectivity index (χ3n) is 1.36. The van der Waals surface area contributed by atoms with Gasteiger partial charge in [-0.1, -0.05) is 0 Å². The molecule has 1 aromatic carbocycles. The van der Waals surface area contributed by atoms with E-state index >= 15 is 0 Å². The van der Waals surface area contributed by atoms with Gasteiger partial charge in [-0.3, -0.25) is 0 Å². The fraction of sp³-hybridized carbons (Fsp3) is 0. The quantitative estimate of drug-likeness (QED) is 0.549. The van der Waals surface area contributed by atoms with Crippen molar-refractivity contribution >= 4 is 28.2 Å². The maximum atomic E-state index is 10.3. The molecule has 0 aromatic heterocycles. The molecule has 0 heterocycles. The number of urea groups is 1. The number of hydrogen-bond acceptors (Lipinski definition) is 3. The predicted octanol–water partition coefficient (Wildman–Crippen LogP) is 1.16. The van der Waals surface area contributed by atoms with E-state index in [0.29, 0.717) is 4.47 Å².